The standard InChI is InChI=1S/C24H40N2O3Si/c1-23(2)18-28-24(3,4)26(23)22(27)29-21(30(5,6)7)20-15-11-12-16-25(20)17-19-13-9-8-10-14-19/h8-10,13-14,20-21H,11-12,15-18H2,1-7H3/t20-,21+/m0/s1. The van der Waals surface area contributed by atoms with Crippen molar-refractivity contribution in [1.29, 1.82) is 0 Å². The Hall–Kier alpha value is -1.37. The first-order valence-electron chi connectivity index (χ1n) is 11.3. The number of piperidine rings is 1. The summed E-state index contributed by atoms with van der Waals surface area (Å²) in [5.74, 6) is 0. The zero-order chi connectivity index (χ0) is 22.2. The molecule has 3 rings (SSSR count). The van der Waals surface area contributed by atoms with Crippen LogP contribution in [0.1, 0.15) is 52.5 Å². The smallest absolute Gasteiger partial charge is 0.412 e. The third kappa shape index (κ3) is 5.09. The van der Waals surface area contributed by atoms with E-state index in [4.69, 9.17) is 9.47 Å². The summed E-state index contributed by atoms with van der Waals surface area (Å²) in [5.41, 5.74) is 0.239. The van der Waals surface area contributed by atoms with Crippen molar-refractivity contribution < 1.29 is 14.3 Å². The zero-order valence-corrected chi connectivity index (χ0v) is 20.9. The zero-order valence-electron chi connectivity index (χ0n) is 19.9. The summed E-state index contributed by atoms with van der Waals surface area (Å²) in [6.07, 6.45) is 3.24. The number of ether oxygens (including phenoxy) is 2. The van der Waals surface area contributed by atoms with Gasteiger partial charge in [-0.3, -0.25) is 9.80 Å². The van der Waals surface area contributed by atoms with Gasteiger partial charge in [-0.25, -0.2) is 4.79 Å². The second-order valence-corrected chi connectivity index (χ2v) is 16.4. The van der Waals surface area contributed by atoms with Crippen molar-refractivity contribution in [2.75, 3.05) is 13.2 Å². The molecule has 2 aliphatic heterocycles. The molecule has 2 atom stereocenters. The normalized spacial score (nSPS) is 25.2. The highest BCUT2D eigenvalue weighted by atomic mass is 28.3. The van der Waals surface area contributed by atoms with E-state index in [9.17, 15) is 4.79 Å². The number of rotatable bonds is 5. The molecule has 0 radical (unpaired) electrons. The number of hydrogen-bond acceptors (Lipinski definition) is 4. The van der Waals surface area contributed by atoms with Gasteiger partial charge in [0.25, 0.3) is 0 Å². The molecule has 0 bridgehead atoms. The van der Waals surface area contributed by atoms with Crippen LogP contribution in [0, 0.1) is 0 Å². The van der Waals surface area contributed by atoms with Crippen LogP contribution in [0.15, 0.2) is 30.3 Å². The molecule has 2 aliphatic rings. The van der Waals surface area contributed by atoms with Gasteiger partial charge in [-0.1, -0.05) is 56.4 Å². The topological polar surface area (TPSA) is 42.0 Å². The Labute approximate surface area is 183 Å². The number of amides is 1. The molecule has 0 unspecified atom stereocenters. The second kappa shape index (κ2) is 8.64. The van der Waals surface area contributed by atoms with E-state index >= 15 is 0 Å². The molecule has 0 aromatic heterocycles. The molecule has 1 aromatic rings. The Morgan fingerprint density at radius 2 is 1.83 bits per heavy atom. The number of benzene rings is 1. The molecule has 30 heavy (non-hydrogen) atoms. The van der Waals surface area contributed by atoms with Crippen LogP contribution in [-0.4, -0.2) is 60.2 Å². The van der Waals surface area contributed by atoms with Crippen molar-refractivity contribution in [2.45, 2.75) is 96.2 Å². The second-order valence-electron chi connectivity index (χ2n) is 11.1. The van der Waals surface area contributed by atoms with Crippen LogP contribution in [0.3, 0.4) is 0 Å². The third-order valence-corrected chi connectivity index (χ3v) is 8.64. The largest absolute Gasteiger partial charge is 0.448 e. The van der Waals surface area contributed by atoms with Crippen molar-refractivity contribution in [2.24, 2.45) is 0 Å². The quantitative estimate of drug-likeness (QED) is 0.594. The minimum absolute atomic E-state index is 0.0544. The lowest BCUT2D eigenvalue weighted by atomic mass is 10.0. The fourth-order valence-electron chi connectivity index (χ4n) is 5.05. The van der Waals surface area contributed by atoms with Crippen molar-refractivity contribution in [1.82, 2.24) is 9.80 Å². The van der Waals surface area contributed by atoms with Gasteiger partial charge in [0.15, 0.2) is 0 Å². The fourth-order valence-corrected chi connectivity index (χ4v) is 7.03. The molecule has 6 heteroatoms. The molecule has 0 saturated carbocycles. The lowest BCUT2D eigenvalue weighted by Gasteiger charge is -2.46. The summed E-state index contributed by atoms with van der Waals surface area (Å²) in [7, 11) is -1.79. The maximum atomic E-state index is 13.5. The van der Waals surface area contributed by atoms with Gasteiger partial charge < -0.3 is 9.47 Å². The number of hydrogen-bond donors (Lipinski definition) is 0. The molecule has 0 aliphatic carbocycles. The van der Waals surface area contributed by atoms with Crippen LogP contribution < -0.4 is 0 Å². The monoisotopic (exact) mass is 432 g/mol. The molecular formula is C24H40N2O3Si. The fraction of sp³-hybridized carbons (Fsp3) is 0.708. The Balaban J connectivity index is 1.83. The van der Waals surface area contributed by atoms with Crippen molar-refractivity contribution >= 4 is 14.2 Å². The Kier molecular flexibility index (Phi) is 6.70. The van der Waals surface area contributed by atoms with Gasteiger partial charge in [0.2, 0.25) is 0 Å². The minimum Gasteiger partial charge on any atom is -0.448 e. The van der Waals surface area contributed by atoms with Gasteiger partial charge in [0.1, 0.15) is 11.5 Å². The molecule has 5 nitrogen and oxygen atoms in total. The molecule has 0 N–H and O–H groups in total. The summed E-state index contributed by atoms with van der Waals surface area (Å²) in [6.45, 7) is 17.4. The van der Waals surface area contributed by atoms with Gasteiger partial charge in [-0.15, -0.1) is 0 Å². The molecule has 1 amide bonds. The molecular weight excluding hydrogens is 392 g/mol. The number of carbonyl (C=O) groups excluding carboxylic acids is 1. The first-order chi connectivity index (χ1) is 13.9. The maximum Gasteiger partial charge on any atom is 0.412 e. The van der Waals surface area contributed by atoms with Gasteiger partial charge in [-0.05, 0) is 52.6 Å². The summed E-state index contributed by atoms with van der Waals surface area (Å²) < 4.78 is 12.3. The molecule has 2 heterocycles. The van der Waals surface area contributed by atoms with E-state index in [1.807, 2.05) is 13.8 Å². The lowest BCUT2D eigenvalue weighted by Crippen LogP contribution is -2.60. The predicted molar refractivity (Wildman–Crippen MR) is 124 cm³/mol. The molecule has 2 saturated heterocycles. The number of nitrogens with zero attached hydrogens (tertiary/aromatic N) is 2. The van der Waals surface area contributed by atoms with E-state index in [0.29, 0.717) is 6.61 Å². The number of carbonyl (C=O) groups is 1. The molecule has 0 spiro atoms. The van der Waals surface area contributed by atoms with Crippen LogP contribution in [0.2, 0.25) is 19.6 Å². The highest BCUT2D eigenvalue weighted by Crippen LogP contribution is 2.37. The minimum atomic E-state index is -1.79. The average Bonchev–Trinajstić information content (AvgIpc) is 2.88. The Bertz CT molecular complexity index is 714. The Morgan fingerprint density at radius 3 is 2.40 bits per heavy atom. The van der Waals surface area contributed by atoms with E-state index in [2.05, 4.69) is 68.7 Å². The van der Waals surface area contributed by atoms with Crippen LogP contribution >= 0.6 is 0 Å². The lowest BCUT2D eigenvalue weighted by molar-refractivity contribution is -0.0610. The number of likely N-dealkylation sites (tertiary alicyclic amines) is 1. The van der Waals surface area contributed by atoms with Crippen LogP contribution in [0.25, 0.3) is 0 Å². The van der Waals surface area contributed by atoms with E-state index in [0.717, 1.165) is 19.5 Å². The van der Waals surface area contributed by atoms with Gasteiger partial charge in [-0.2, -0.15) is 0 Å². The van der Waals surface area contributed by atoms with Crippen LogP contribution in [-0.2, 0) is 16.0 Å². The SMILES string of the molecule is CC1(C)COC(C)(C)N1C(=O)O[C@@H]([C@@H]1CCCCN1Cc1ccccc1)[Si](C)(C)C. The first-order valence-corrected chi connectivity index (χ1v) is 14.9. The maximum absolute atomic E-state index is 13.5. The van der Waals surface area contributed by atoms with E-state index in [1.54, 1.807) is 4.90 Å². The van der Waals surface area contributed by atoms with Crippen LogP contribution in [0.4, 0.5) is 4.79 Å². The van der Waals surface area contributed by atoms with E-state index in [1.165, 1.54) is 18.4 Å². The van der Waals surface area contributed by atoms with Crippen LogP contribution in [0.5, 0.6) is 0 Å². The summed E-state index contributed by atoms with van der Waals surface area (Å²) in [6, 6.07) is 10.9. The molecule has 1 aromatic carbocycles. The summed E-state index contributed by atoms with van der Waals surface area (Å²) in [4.78, 5) is 17.8. The highest BCUT2D eigenvalue weighted by Gasteiger charge is 2.51. The summed E-state index contributed by atoms with van der Waals surface area (Å²) in [5, 5.41) is 0. The van der Waals surface area contributed by atoms with Crippen molar-refractivity contribution in [3.63, 3.8) is 0 Å². The van der Waals surface area contributed by atoms with Gasteiger partial charge in [0, 0.05) is 12.6 Å². The molecule has 2 fully saturated rings. The van der Waals surface area contributed by atoms with Crippen molar-refractivity contribution in [3.8, 4) is 0 Å². The first kappa shape index (κ1) is 23.3. The van der Waals surface area contributed by atoms with E-state index < -0.39 is 13.8 Å². The average molecular weight is 433 g/mol. The Morgan fingerprint density at radius 1 is 1.17 bits per heavy atom. The molecule has 168 valence electrons. The van der Waals surface area contributed by atoms with Gasteiger partial charge in [0.05, 0.1) is 20.2 Å². The van der Waals surface area contributed by atoms with Gasteiger partial charge >= 0.3 is 6.09 Å². The third-order valence-electron chi connectivity index (χ3n) is 6.43. The van der Waals surface area contributed by atoms with Crippen molar-refractivity contribution in [3.05, 3.63) is 35.9 Å². The van der Waals surface area contributed by atoms with E-state index in [-0.39, 0.29) is 23.4 Å². The predicted octanol–water partition coefficient (Wildman–Crippen LogP) is 5.27. The summed E-state index contributed by atoms with van der Waals surface area (Å²) >= 11 is 0. The highest BCUT2D eigenvalue weighted by molar-refractivity contribution is 6.77.